The number of carbonyl (C=O) groups excluding carboxylic acids is 2. The molecule has 3 aromatic carbocycles. The lowest BCUT2D eigenvalue weighted by Gasteiger charge is -2.10. The first-order chi connectivity index (χ1) is 14.4. The van der Waals surface area contributed by atoms with Crippen molar-refractivity contribution in [3.8, 4) is 28.3 Å². The van der Waals surface area contributed by atoms with Crippen molar-refractivity contribution in [2.24, 2.45) is 0 Å². The first-order valence-corrected chi connectivity index (χ1v) is 11.4. The summed E-state index contributed by atoms with van der Waals surface area (Å²) in [5.41, 5.74) is 7.08. The maximum Gasteiger partial charge on any atom is 0.186 e. The maximum absolute atomic E-state index is 11.4. The Hall–Kier alpha value is -2.81. The van der Waals surface area contributed by atoms with E-state index in [1.54, 1.807) is 13.8 Å². The Morgan fingerprint density at radius 1 is 0.700 bits per heavy atom. The molecular weight excluding hydrogens is 410 g/mol. The third-order valence-electron chi connectivity index (χ3n) is 4.50. The van der Waals surface area contributed by atoms with Gasteiger partial charge in [0, 0.05) is 25.4 Å². The van der Waals surface area contributed by atoms with Crippen LogP contribution in [0.1, 0.15) is 30.5 Å². The van der Waals surface area contributed by atoms with Gasteiger partial charge in [0.05, 0.1) is 11.6 Å². The van der Waals surface area contributed by atoms with Crippen LogP contribution < -0.4 is 0 Å². The first-order valence-electron chi connectivity index (χ1n) is 9.45. The van der Waals surface area contributed by atoms with Crippen LogP contribution in [-0.4, -0.2) is 10.2 Å². The van der Waals surface area contributed by atoms with E-state index < -0.39 is 0 Å². The molecule has 0 atom stereocenters. The van der Waals surface area contributed by atoms with Crippen LogP contribution in [0, 0.1) is 11.3 Å². The van der Waals surface area contributed by atoms with Gasteiger partial charge in [0.15, 0.2) is 10.2 Å². The molecule has 3 nitrogen and oxygen atoms in total. The van der Waals surface area contributed by atoms with Crippen molar-refractivity contribution < 1.29 is 9.59 Å². The Labute approximate surface area is 185 Å². The topological polar surface area (TPSA) is 57.9 Å². The first kappa shape index (κ1) is 21.9. The Kier molecular flexibility index (Phi) is 7.51. The monoisotopic (exact) mass is 431 g/mol. The molecule has 0 spiro atoms. The summed E-state index contributed by atoms with van der Waals surface area (Å²) in [4.78, 5) is 22.8. The summed E-state index contributed by atoms with van der Waals surface area (Å²) in [5.74, 6) is 1.23. The molecule has 0 heterocycles. The highest BCUT2D eigenvalue weighted by Gasteiger charge is 2.07. The maximum atomic E-state index is 11.4. The van der Waals surface area contributed by atoms with E-state index >= 15 is 0 Å². The zero-order chi connectivity index (χ0) is 21.5. The van der Waals surface area contributed by atoms with Crippen LogP contribution in [0.3, 0.4) is 0 Å². The Bertz CT molecular complexity index is 1060. The number of hydrogen-bond donors (Lipinski definition) is 0. The van der Waals surface area contributed by atoms with Crippen LogP contribution >= 0.6 is 23.5 Å². The minimum absolute atomic E-state index is 0.0897. The smallest absolute Gasteiger partial charge is 0.186 e. The molecule has 3 rings (SSSR count). The summed E-state index contributed by atoms with van der Waals surface area (Å²) in [6.45, 7) is 3.14. The molecule has 0 radical (unpaired) electrons. The molecule has 0 amide bonds. The molecule has 0 aliphatic heterocycles. The van der Waals surface area contributed by atoms with Gasteiger partial charge in [-0.05, 0) is 45.5 Å². The van der Waals surface area contributed by atoms with Crippen LogP contribution in [0.5, 0.6) is 0 Å². The highest BCUT2D eigenvalue weighted by molar-refractivity contribution is 8.13. The fraction of sp³-hybridized carbons (Fsp3) is 0.160. The number of nitrogens with zero attached hydrogens (tertiary/aromatic N) is 1. The number of hydrogen-bond acceptors (Lipinski definition) is 5. The molecule has 30 heavy (non-hydrogen) atoms. The van der Waals surface area contributed by atoms with Crippen molar-refractivity contribution in [1.82, 2.24) is 0 Å². The minimum Gasteiger partial charge on any atom is -0.288 e. The average molecular weight is 432 g/mol. The summed E-state index contributed by atoms with van der Waals surface area (Å²) >= 11 is 2.58. The second-order valence-corrected chi connectivity index (χ2v) is 9.17. The number of thioether (sulfide) groups is 2. The van der Waals surface area contributed by atoms with Crippen LogP contribution in [0.15, 0.2) is 66.7 Å². The van der Waals surface area contributed by atoms with E-state index in [1.807, 2.05) is 24.3 Å². The Morgan fingerprint density at radius 2 is 1.10 bits per heavy atom. The van der Waals surface area contributed by atoms with Gasteiger partial charge < -0.3 is 0 Å². The van der Waals surface area contributed by atoms with Gasteiger partial charge in [-0.3, -0.25) is 9.59 Å². The van der Waals surface area contributed by atoms with E-state index in [0.29, 0.717) is 17.1 Å². The lowest BCUT2D eigenvalue weighted by Crippen LogP contribution is -1.93. The fourth-order valence-electron chi connectivity index (χ4n) is 3.06. The van der Waals surface area contributed by atoms with Gasteiger partial charge in [-0.1, -0.05) is 78.1 Å². The summed E-state index contributed by atoms with van der Waals surface area (Å²) in [5, 5.41) is 9.13. The molecule has 0 unspecified atom stereocenters. The Morgan fingerprint density at radius 3 is 1.50 bits per heavy atom. The highest BCUT2D eigenvalue weighted by Crippen LogP contribution is 2.29. The van der Waals surface area contributed by atoms with Crippen LogP contribution in [0.25, 0.3) is 22.3 Å². The number of carbonyl (C=O) groups is 2. The van der Waals surface area contributed by atoms with Gasteiger partial charge in [0.1, 0.15) is 0 Å². The normalized spacial score (nSPS) is 10.4. The zero-order valence-electron chi connectivity index (χ0n) is 16.8. The molecule has 0 fully saturated rings. The molecule has 0 aliphatic rings. The van der Waals surface area contributed by atoms with Crippen LogP contribution in [-0.2, 0) is 21.1 Å². The SMILES string of the molecule is CC(=O)SCc1cc(CSC(C)=O)cc(-c2ccc(-c3ccc(C#N)cc3)cc2)c1. The lowest BCUT2D eigenvalue weighted by molar-refractivity contribution is -0.109. The van der Waals surface area contributed by atoms with Crippen molar-refractivity contribution in [2.75, 3.05) is 0 Å². The lowest BCUT2D eigenvalue weighted by atomic mass is 9.97. The van der Waals surface area contributed by atoms with Crippen molar-refractivity contribution in [2.45, 2.75) is 25.4 Å². The van der Waals surface area contributed by atoms with Gasteiger partial charge in [0.2, 0.25) is 0 Å². The molecule has 0 aromatic heterocycles. The van der Waals surface area contributed by atoms with E-state index in [9.17, 15) is 9.59 Å². The molecule has 0 saturated heterocycles. The number of rotatable bonds is 6. The van der Waals surface area contributed by atoms with Gasteiger partial charge in [-0.2, -0.15) is 5.26 Å². The van der Waals surface area contributed by atoms with Crippen molar-refractivity contribution in [1.29, 1.82) is 5.26 Å². The molecule has 0 saturated carbocycles. The van der Waals surface area contributed by atoms with Crippen molar-refractivity contribution >= 4 is 33.8 Å². The molecule has 0 bridgehead atoms. The van der Waals surface area contributed by atoms with E-state index in [-0.39, 0.29) is 10.2 Å². The second kappa shape index (κ2) is 10.3. The van der Waals surface area contributed by atoms with Gasteiger partial charge in [-0.25, -0.2) is 0 Å². The number of benzene rings is 3. The Balaban J connectivity index is 1.89. The van der Waals surface area contributed by atoms with Crippen LogP contribution in [0.2, 0.25) is 0 Å². The van der Waals surface area contributed by atoms with Crippen molar-refractivity contribution in [3.63, 3.8) is 0 Å². The quantitative estimate of drug-likeness (QED) is 0.449. The van der Waals surface area contributed by atoms with Gasteiger partial charge >= 0.3 is 0 Å². The summed E-state index contributed by atoms with van der Waals surface area (Å²) in [6, 6.07) is 24.2. The van der Waals surface area contributed by atoms with Gasteiger partial charge in [-0.15, -0.1) is 0 Å². The third-order valence-corrected chi connectivity index (χ3v) is 6.27. The number of nitriles is 1. The van der Waals surface area contributed by atoms with E-state index in [0.717, 1.165) is 33.4 Å². The molecular formula is C25H21NO2S2. The van der Waals surface area contributed by atoms with E-state index in [1.165, 1.54) is 23.5 Å². The standard InChI is InChI=1S/C25H21NO2S2/c1-17(27)29-15-20-11-21(16-30-18(2)28)13-25(12-20)24-9-7-23(8-10-24)22-5-3-19(14-26)4-6-22/h3-13H,15-16H2,1-2H3. The summed E-state index contributed by atoms with van der Waals surface area (Å²) in [7, 11) is 0. The average Bonchev–Trinajstić information content (AvgIpc) is 2.76. The zero-order valence-corrected chi connectivity index (χ0v) is 18.5. The van der Waals surface area contributed by atoms with E-state index in [4.69, 9.17) is 5.26 Å². The highest BCUT2D eigenvalue weighted by atomic mass is 32.2. The molecule has 0 N–H and O–H groups in total. The summed E-state index contributed by atoms with van der Waals surface area (Å²) in [6.07, 6.45) is 0. The van der Waals surface area contributed by atoms with E-state index in [2.05, 4.69) is 48.5 Å². The fourth-order valence-corrected chi connectivity index (χ4v) is 4.13. The molecule has 3 aromatic rings. The molecule has 150 valence electrons. The molecule has 0 aliphatic carbocycles. The third kappa shape index (κ3) is 6.09. The minimum atomic E-state index is 0.0897. The largest absolute Gasteiger partial charge is 0.288 e. The molecule has 5 heteroatoms. The predicted octanol–water partition coefficient (Wildman–Crippen LogP) is 6.45. The predicted molar refractivity (Wildman–Crippen MR) is 126 cm³/mol. The second-order valence-electron chi connectivity index (χ2n) is 6.87. The van der Waals surface area contributed by atoms with Gasteiger partial charge in [0.25, 0.3) is 0 Å². The van der Waals surface area contributed by atoms with Crippen molar-refractivity contribution in [3.05, 3.63) is 83.4 Å². The summed E-state index contributed by atoms with van der Waals surface area (Å²) < 4.78 is 0. The van der Waals surface area contributed by atoms with Crippen LogP contribution in [0.4, 0.5) is 0 Å².